The number of nitrogens with one attached hydrogen (secondary N) is 3. The van der Waals surface area contributed by atoms with Crippen molar-refractivity contribution in [2.45, 2.75) is 10.6 Å². The molecule has 0 atom stereocenters. The van der Waals surface area contributed by atoms with Crippen LogP contribution in [0.1, 0.15) is 11.1 Å². The Bertz CT molecular complexity index is 1140. The lowest BCUT2D eigenvalue weighted by atomic mass is 10.1. The number of aromatic amines is 2. The maximum Gasteiger partial charge on any atom is 0.326 e. The molecule has 27 heavy (non-hydrogen) atoms. The number of carbonyl (C=O) groups excluding carboxylic acids is 1. The van der Waals surface area contributed by atoms with Gasteiger partial charge in [-0.3, -0.25) is 14.6 Å². The van der Waals surface area contributed by atoms with Crippen molar-refractivity contribution < 1.29 is 9.18 Å². The predicted octanol–water partition coefficient (Wildman–Crippen LogP) is 1.74. The van der Waals surface area contributed by atoms with Crippen LogP contribution in [0.2, 0.25) is 0 Å². The van der Waals surface area contributed by atoms with Gasteiger partial charge in [0.25, 0.3) is 5.56 Å². The van der Waals surface area contributed by atoms with Crippen molar-refractivity contribution in [3.63, 3.8) is 0 Å². The van der Waals surface area contributed by atoms with Crippen LogP contribution in [0.5, 0.6) is 0 Å². The van der Waals surface area contributed by atoms with Crippen LogP contribution < -0.4 is 16.6 Å². The molecule has 138 valence electrons. The SMILES string of the molecule is N#Cc1c(SCC(=O)NCCc2ccc(F)cc2)sc2c(=O)[nH]c(=O)[nH]c12. The summed E-state index contributed by atoms with van der Waals surface area (Å²) in [5.74, 6) is -0.477. The average Bonchev–Trinajstić information content (AvgIpc) is 2.99. The van der Waals surface area contributed by atoms with E-state index in [-0.39, 0.29) is 33.3 Å². The minimum Gasteiger partial charge on any atom is -0.355 e. The number of rotatable bonds is 6. The van der Waals surface area contributed by atoms with Gasteiger partial charge in [-0.2, -0.15) is 5.26 Å². The summed E-state index contributed by atoms with van der Waals surface area (Å²) in [6, 6.07) is 8.02. The lowest BCUT2D eigenvalue weighted by Crippen LogP contribution is -2.27. The van der Waals surface area contributed by atoms with Gasteiger partial charge in [-0.25, -0.2) is 9.18 Å². The Kier molecular flexibility index (Phi) is 5.73. The third kappa shape index (κ3) is 4.45. The number of benzene rings is 1. The smallest absolute Gasteiger partial charge is 0.326 e. The van der Waals surface area contributed by atoms with Crippen molar-refractivity contribution in [2.24, 2.45) is 0 Å². The fourth-order valence-electron chi connectivity index (χ4n) is 2.38. The van der Waals surface area contributed by atoms with Crippen LogP contribution in [0.15, 0.2) is 38.1 Å². The summed E-state index contributed by atoms with van der Waals surface area (Å²) in [7, 11) is 0. The van der Waals surface area contributed by atoms with Crippen molar-refractivity contribution in [1.82, 2.24) is 15.3 Å². The molecule has 7 nitrogen and oxygen atoms in total. The molecule has 0 aliphatic carbocycles. The van der Waals surface area contributed by atoms with Crippen molar-refractivity contribution in [3.05, 3.63) is 62.0 Å². The van der Waals surface area contributed by atoms with E-state index in [0.29, 0.717) is 17.2 Å². The third-order valence-corrected chi connectivity index (χ3v) is 6.10. The fraction of sp³-hybridized carbons (Fsp3) is 0.176. The zero-order valence-electron chi connectivity index (χ0n) is 13.8. The second-order valence-electron chi connectivity index (χ2n) is 5.50. The number of nitriles is 1. The minimum absolute atomic E-state index is 0.0626. The standard InChI is InChI=1S/C17H13FN4O3S2/c18-10-3-1-9(2-4-10)5-6-20-12(23)8-26-16-11(7-19)13-14(27-16)15(24)22-17(25)21-13/h1-4H,5-6,8H2,(H,20,23)(H2,21,22,24,25). The van der Waals surface area contributed by atoms with E-state index in [4.69, 9.17) is 0 Å². The third-order valence-electron chi connectivity index (χ3n) is 3.64. The summed E-state index contributed by atoms with van der Waals surface area (Å²) >= 11 is 2.19. The summed E-state index contributed by atoms with van der Waals surface area (Å²) in [6.07, 6.45) is 0.569. The number of hydrogen-bond acceptors (Lipinski definition) is 6. The topological polar surface area (TPSA) is 119 Å². The van der Waals surface area contributed by atoms with Crippen LogP contribution in [0.25, 0.3) is 10.2 Å². The fourth-order valence-corrected chi connectivity index (χ4v) is 4.53. The first-order valence-electron chi connectivity index (χ1n) is 7.81. The van der Waals surface area contributed by atoms with Gasteiger partial charge in [0.2, 0.25) is 5.91 Å². The minimum atomic E-state index is -0.683. The number of nitrogens with zero attached hydrogens (tertiary/aromatic N) is 1. The second-order valence-corrected chi connectivity index (χ2v) is 7.77. The Hall–Kier alpha value is -2.90. The van der Waals surface area contributed by atoms with Gasteiger partial charge >= 0.3 is 5.69 Å². The zero-order chi connectivity index (χ0) is 19.4. The maximum absolute atomic E-state index is 12.8. The van der Waals surface area contributed by atoms with E-state index in [1.54, 1.807) is 12.1 Å². The Morgan fingerprint density at radius 1 is 1.26 bits per heavy atom. The van der Waals surface area contributed by atoms with E-state index >= 15 is 0 Å². The van der Waals surface area contributed by atoms with Gasteiger partial charge in [0, 0.05) is 6.54 Å². The molecule has 1 amide bonds. The molecular weight excluding hydrogens is 391 g/mol. The highest BCUT2D eigenvalue weighted by Crippen LogP contribution is 2.34. The molecule has 0 aliphatic heterocycles. The summed E-state index contributed by atoms with van der Waals surface area (Å²) in [5, 5.41) is 12.1. The van der Waals surface area contributed by atoms with E-state index < -0.39 is 11.2 Å². The van der Waals surface area contributed by atoms with Crippen LogP contribution in [-0.4, -0.2) is 28.2 Å². The molecule has 0 unspecified atom stereocenters. The summed E-state index contributed by atoms with van der Waals surface area (Å²) in [6.45, 7) is 0.398. The highest BCUT2D eigenvalue weighted by atomic mass is 32.2. The number of thioether (sulfide) groups is 1. The highest BCUT2D eigenvalue weighted by molar-refractivity contribution is 8.02. The molecule has 0 radical (unpaired) electrons. The van der Waals surface area contributed by atoms with Crippen molar-refractivity contribution >= 4 is 39.2 Å². The van der Waals surface area contributed by atoms with Gasteiger partial charge in [0.1, 0.15) is 22.1 Å². The number of carbonyl (C=O) groups is 1. The average molecular weight is 404 g/mol. The lowest BCUT2D eigenvalue weighted by Gasteiger charge is -2.05. The molecule has 0 saturated carbocycles. The van der Waals surface area contributed by atoms with Crippen LogP contribution >= 0.6 is 23.1 Å². The quantitative estimate of drug-likeness (QED) is 0.541. The molecule has 0 fully saturated rings. The summed E-state index contributed by atoms with van der Waals surface area (Å²) in [4.78, 5) is 39.8. The molecule has 10 heteroatoms. The van der Waals surface area contributed by atoms with Gasteiger partial charge in [0.15, 0.2) is 0 Å². The summed E-state index contributed by atoms with van der Waals surface area (Å²) < 4.78 is 13.6. The molecule has 1 aromatic carbocycles. The van der Waals surface area contributed by atoms with E-state index in [2.05, 4.69) is 15.3 Å². The Labute approximate surface area is 160 Å². The first-order valence-corrected chi connectivity index (χ1v) is 9.61. The lowest BCUT2D eigenvalue weighted by molar-refractivity contribution is -0.118. The number of halogens is 1. The van der Waals surface area contributed by atoms with Gasteiger partial charge in [-0.05, 0) is 24.1 Å². The van der Waals surface area contributed by atoms with E-state index in [1.807, 2.05) is 6.07 Å². The molecule has 0 aliphatic rings. The molecular formula is C17H13FN4O3S2. The van der Waals surface area contributed by atoms with Gasteiger partial charge < -0.3 is 10.3 Å². The van der Waals surface area contributed by atoms with E-state index in [0.717, 1.165) is 28.7 Å². The van der Waals surface area contributed by atoms with Gasteiger partial charge in [0.05, 0.1) is 15.5 Å². The molecule has 0 saturated heterocycles. The van der Waals surface area contributed by atoms with E-state index in [1.165, 1.54) is 12.1 Å². The number of thiophene rings is 1. The summed E-state index contributed by atoms with van der Waals surface area (Å²) in [5.41, 5.74) is 0.0318. The van der Waals surface area contributed by atoms with Crippen LogP contribution in [0, 0.1) is 17.1 Å². The number of amides is 1. The predicted molar refractivity (Wildman–Crippen MR) is 102 cm³/mol. The Morgan fingerprint density at radius 3 is 2.70 bits per heavy atom. The number of hydrogen-bond donors (Lipinski definition) is 3. The highest BCUT2D eigenvalue weighted by Gasteiger charge is 2.17. The molecule has 0 spiro atoms. The monoisotopic (exact) mass is 404 g/mol. The van der Waals surface area contributed by atoms with Gasteiger partial charge in [-0.1, -0.05) is 12.1 Å². The molecule has 3 N–H and O–H groups in total. The first-order chi connectivity index (χ1) is 13.0. The van der Waals surface area contributed by atoms with Crippen LogP contribution in [-0.2, 0) is 11.2 Å². The molecule has 0 bridgehead atoms. The second kappa shape index (κ2) is 8.20. The normalized spacial score (nSPS) is 10.7. The van der Waals surface area contributed by atoms with E-state index in [9.17, 15) is 24.0 Å². The van der Waals surface area contributed by atoms with Gasteiger partial charge in [-0.15, -0.1) is 23.1 Å². The zero-order valence-corrected chi connectivity index (χ0v) is 15.4. The first kappa shape index (κ1) is 18.9. The number of aromatic nitrogens is 2. The number of fused-ring (bicyclic) bond motifs is 1. The van der Waals surface area contributed by atoms with Crippen molar-refractivity contribution in [2.75, 3.05) is 12.3 Å². The Morgan fingerprint density at radius 2 is 2.00 bits per heavy atom. The van der Waals surface area contributed by atoms with Crippen LogP contribution in [0.3, 0.4) is 0 Å². The van der Waals surface area contributed by atoms with Crippen molar-refractivity contribution in [3.8, 4) is 6.07 Å². The molecule has 3 aromatic rings. The largest absolute Gasteiger partial charge is 0.355 e. The Balaban J connectivity index is 1.61. The molecule has 2 heterocycles. The molecule has 2 aromatic heterocycles. The number of H-pyrrole nitrogens is 2. The van der Waals surface area contributed by atoms with Crippen molar-refractivity contribution in [1.29, 1.82) is 5.26 Å². The maximum atomic E-state index is 12.8. The van der Waals surface area contributed by atoms with Crippen LogP contribution in [0.4, 0.5) is 4.39 Å². The molecule has 3 rings (SSSR count).